The van der Waals surface area contributed by atoms with Gasteiger partial charge in [-0.1, -0.05) is 0 Å². The average molecular weight is 159 g/mol. The number of morpholine rings is 1. The lowest BCUT2D eigenvalue weighted by molar-refractivity contribution is 0.0367. The summed E-state index contributed by atoms with van der Waals surface area (Å²) in [5, 5.41) is 0. The highest BCUT2D eigenvalue weighted by atomic mass is 16.5. The lowest BCUT2D eigenvalue weighted by Gasteiger charge is -2.26. The largest absolute Gasteiger partial charge is 0.379 e. The minimum Gasteiger partial charge on any atom is -0.379 e. The van der Waals surface area contributed by atoms with Gasteiger partial charge in [-0.25, -0.2) is 0 Å². The van der Waals surface area contributed by atoms with Gasteiger partial charge in [0.05, 0.1) is 19.4 Å². The predicted octanol–water partition coefficient (Wildman–Crippen LogP) is -1.05. The van der Waals surface area contributed by atoms with Crippen molar-refractivity contribution in [3.8, 4) is 0 Å². The highest BCUT2D eigenvalue weighted by Crippen LogP contribution is 1.97. The molecule has 0 aliphatic carbocycles. The van der Waals surface area contributed by atoms with Crippen LogP contribution in [-0.4, -0.2) is 43.9 Å². The Hall–Kier alpha value is -0.160. The Morgan fingerprint density at radius 3 is 2.45 bits per heavy atom. The Bertz CT molecular complexity index is 102. The van der Waals surface area contributed by atoms with Crippen molar-refractivity contribution in [3.63, 3.8) is 0 Å². The van der Waals surface area contributed by atoms with E-state index in [0.29, 0.717) is 0 Å². The molecule has 0 radical (unpaired) electrons. The summed E-state index contributed by atoms with van der Waals surface area (Å²) in [7, 11) is 0. The number of hydrogen-bond donors (Lipinski definition) is 2. The molecule has 1 rings (SSSR count). The third-order valence-electron chi connectivity index (χ3n) is 1.88. The Morgan fingerprint density at radius 2 is 1.91 bits per heavy atom. The first-order valence-electron chi connectivity index (χ1n) is 4.10. The normalized spacial score (nSPS) is 21.0. The Kier molecular flexibility index (Phi) is 3.79. The van der Waals surface area contributed by atoms with E-state index >= 15 is 0 Å². The summed E-state index contributed by atoms with van der Waals surface area (Å²) in [6.07, 6.45) is 0.706. The van der Waals surface area contributed by atoms with Gasteiger partial charge in [-0.05, 0) is 6.42 Å². The summed E-state index contributed by atoms with van der Waals surface area (Å²) in [6, 6.07) is 0. The zero-order chi connectivity index (χ0) is 8.10. The van der Waals surface area contributed by atoms with Crippen LogP contribution >= 0.6 is 0 Å². The van der Waals surface area contributed by atoms with Crippen LogP contribution in [0.2, 0.25) is 0 Å². The van der Waals surface area contributed by atoms with Crippen LogP contribution in [-0.2, 0) is 4.74 Å². The third kappa shape index (κ3) is 3.67. The van der Waals surface area contributed by atoms with Gasteiger partial charge in [-0.3, -0.25) is 4.90 Å². The van der Waals surface area contributed by atoms with Crippen molar-refractivity contribution in [1.29, 1.82) is 0 Å². The molecule has 0 aromatic rings. The molecule has 4 nitrogen and oxygen atoms in total. The second-order valence-corrected chi connectivity index (χ2v) is 2.91. The summed E-state index contributed by atoms with van der Waals surface area (Å²) >= 11 is 0. The van der Waals surface area contributed by atoms with Crippen molar-refractivity contribution in [2.75, 3.05) is 32.8 Å². The minimum atomic E-state index is -0.169. The second kappa shape index (κ2) is 4.66. The van der Waals surface area contributed by atoms with E-state index in [1.807, 2.05) is 0 Å². The van der Waals surface area contributed by atoms with Gasteiger partial charge in [-0.15, -0.1) is 0 Å². The maximum absolute atomic E-state index is 5.43. The highest BCUT2D eigenvalue weighted by Gasteiger charge is 2.09. The van der Waals surface area contributed by atoms with Crippen LogP contribution in [0, 0.1) is 0 Å². The van der Waals surface area contributed by atoms with Crippen LogP contribution in [0.5, 0.6) is 0 Å². The number of nitrogens with zero attached hydrogens (tertiary/aromatic N) is 1. The molecule has 11 heavy (non-hydrogen) atoms. The van der Waals surface area contributed by atoms with Gasteiger partial charge in [0, 0.05) is 19.6 Å². The molecule has 1 aliphatic heterocycles. The van der Waals surface area contributed by atoms with Gasteiger partial charge in [0.15, 0.2) is 0 Å². The van der Waals surface area contributed by atoms with E-state index in [1.165, 1.54) is 0 Å². The van der Waals surface area contributed by atoms with Crippen molar-refractivity contribution in [2.45, 2.75) is 12.6 Å². The molecule has 0 unspecified atom stereocenters. The Morgan fingerprint density at radius 1 is 1.27 bits per heavy atom. The summed E-state index contributed by atoms with van der Waals surface area (Å²) in [4.78, 5) is 2.33. The quantitative estimate of drug-likeness (QED) is 0.516. The van der Waals surface area contributed by atoms with Gasteiger partial charge in [-0.2, -0.15) is 0 Å². The SMILES string of the molecule is NC(N)CCN1CCOCC1. The average Bonchev–Trinajstić information content (AvgIpc) is 2.03. The molecule has 0 atom stereocenters. The summed E-state index contributed by atoms with van der Waals surface area (Å²) < 4.78 is 5.20. The molecule has 0 aromatic carbocycles. The molecule has 0 saturated carbocycles. The molecule has 1 fully saturated rings. The number of rotatable bonds is 3. The van der Waals surface area contributed by atoms with Crippen LogP contribution in [0.1, 0.15) is 6.42 Å². The van der Waals surface area contributed by atoms with Crippen LogP contribution in [0.15, 0.2) is 0 Å². The zero-order valence-corrected chi connectivity index (χ0v) is 6.83. The van der Waals surface area contributed by atoms with Crippen LogP contribution in [0.4, 0.5) is 0 Å². The molecule has 0 aromatic heterocycles. The smallest absolute Gasteiger partial charge is 0.0594 e. The lowest BCUT2D eigenvalue weighted by atomic mass is 10.3. The summed E-state index contributed by atoms with van der Waals surface area (Å²) in [6.45, 7) is 4.74. The lowest BCUT2D eigenvalue weighted by Crippen LogP contribution is -2.41. The second-order valence-electron chi connectivity index (χ2n) is 2.91. The van der Waals surface area contributed by atoms with Gasteiger partial charge in [0.1, 0.15) is 0 Å². The van der Waals surface area contributed by atoms with Crippen LogP contribution < -0.4 is 11.5 Å². The first kappa shape index (κ1) is 8.93. The molecule has 1 saturated heterocycles. The van der Waals surface area contributed by atoms with Crippen molar-refractivity contribution < 1.29 is 4.74 Å². The van der Waals surface area contributed by atoms with Gasteiger partial charge in [0.25, 0.3) is 0 Å². The number of nitrogens with two attached hydrogens (primary N) is 2. The molecule has 4 N–H and O–H groups in total. The van der Waals surface area contributed by atoms with E-state index in [9.17, 15) is 0 Å². The molecular weight excluding hydrogens is 142 g/mol. The molecule has 1 aliphatic rings. The molecule has 66 valence electrons. The third-order valence-corrected chi connectivity index (χ3v) is 1.88. The molecule has 1 heterocycles. The predicted molar refractivity (Wildman–Crippen MR) is 44.0 cm³/mol. The first-order chi connectivity index (χ1) is 5.29. The van der Waals surface area contributed by atoms with Crippen LogP contribution in [0.25, 0.3) is 0 Å². The molecule has 4 heteroatoms. The fourth-order valence-electron chi connectivity index (χ4n) is 1.16. The van der Waals surface area contributed by atoms with E-state index in [0.717, 1.165) is 39.3 Å². The standard InChI is InChI=1S/C7H17N3O/c8-7(9)1-2-10-3-5-11-6-4-10/h7H,1-6,8-9H2. The van der Waals surface area contributed by atoms with Crippen molar-refractivity contribution in [1.82, 2.24) is 4.90 Å². The first-order valence-corrected chi connectivity index (χ1v) is 4.10. The summed E-state index contributed by atoms with van der Waals surface area (Å²) in [5.41, 5.74) is 10.9. The Labute approximate surface area is 67.5 Å². The van der Waals surface area contributed by atoms with Crippen molar-refractivity contribution >= 4 is 0 Å². The van der Waals surface area contributed by atoms with Gasteiger partial charge < -0.3 is 16.2 Å². The van der Waals surface area contributed by atoms with E-state index in [1.54, 1.807) is 0 Å². The van der Waals surface area contributed by atoms with E-state index in [2.05, 4.69) is 4.90 Å². The number of ether oxygens (including phenoxy) is 1. The Balaban J connectivity index is 2.05. The van der Waals surface area contributed by atoms with Gasteiger partial charge >= 0.3 is 0 Å². The number of hydrogen-bond acceptors (Lipinski definition) is 4. The topological polar surface area (TPSA) is 64.5 Å². The van der Waals surface area contributed by atoms with E-state index in [-0.39, 0.29) is 6.17 Å². The van der Waals surface area contributed by atoms with Gasteiger partial charge in [0.2, 0.25) is 0 Å². The van der Waals surface area contributed by atoms with Crippen molar-refractivity contribution in [2.24, 2.45) is 11.5 Å². The molecular formula is C7H17N3O. The molecule has 0 bridgehead atoms. The van der Waals surface area contributed by atoms with E-state index < -0.39 is 0 Å². The molecule has 0 spiro atoms. The van der Waals surface area contributed by atoms with E-state index in [4.69, 9.17) is 16.2 Å². The highest BCUT2D eigenvalue weighted by molar-refractivity contribution is 4.63. The monoisotopic (exact) mass is 159 g/mol. The maximum atomic E-state index is 5.43. The minimum absolute atomic E-state index is 0.169. The molecule has 0 amide bonds. The fraction of sp³-hybridized carbons (Fsp3) is 1.00. The zero-order valence-electron chi connectivity index (χ0n) is 6.83. The summed E-state index contributed by atoms with van der Waals surface area (Å²) in [5.74, 6) is 0. The van der Waals surface area contributed by atoms with Crippen LogP contribution in [0.3, 0.4) is 0 Å². The fourth-order valence-corrected chi connectivity index (χ4v) is 1.16. The maximum Gasteiger partial charge on any atom is 0.0594 e. The van der Waals surface area contributed by atoms with Crippen molar-refractivity contribution in [3.05, 3.63) is 0 Å².